The van der Waals surface area contributed by atoms with Crippen LogP contribution in [-0.4, -0.2) is 22.3 Å². The van der Waals surface area contributed by atoms with Crippen molar-refractivity contribution < 1.29 is 18.3 Å². The van der Waals surface area contributed by atoms with Gasteiger partial charge in [-0.05, 0) is 31.6 Å². The Bertz CT molecular complexity index is 791. The van der Waals surface area contributed by atoms with E-state index >= 15 is 0 Å². The minimum absolute atomic E-state index is 0.0298. The lowest BCUT2D eigenvalue weighted by atomic mass is 10.2. The Morgan fingerprint density at radius 3 is 2.92 bits per heavy atom. The summed E-state index contributed by atoms with van der Waals surface area (Å²) in [5.74, 6) is -0.450. The van der Waals surface area contributed by atoms with Crippen molar-refractivity contribution in [2.75, 3.05) is 5.32 Å². The first-order chi connectivity index (χ1) is 12.4. The van der Waals surface area contributed by atoms with Crippen molar-refractivity contribution in [1.82, 2.24) is 9.78 Å². The van der Waals surface area contributed by atoms with Gasteiger partial charge in [-0.3, -0.25) is 9.48 Å². The van der Waals surface area contributed by atoms with Crippen LogP contribution in [0.2, 0.25) is 5.15 Å². The predicted molar refractivity (Wildman–Crippen MR) is 97.6 cm³/mol. The van der Waals surface area contributed by atoms with Gasteiger partial charge in [-0.1, -0.05) is 31.0 Å². The van der Waals surface area contributed by atoms with Crippen LogP contribution in [0.3, 0.4) is 0 Å². The van der Waals surface area contributed by atoms with Gasteiger partial charge in [0.1, 0.15) is 10.9 Å². The molecule has 8 heteroatoms. The Hall–Kier alpha value is -2.41. The van der Waals surface area contributed by atoms with Crippen molar-refractivity contribution in [1.29, 1.82) is 0 Å². The summed E-state index contributed by atoms with van der Waals surface area (Å²) in [6.07, 6.45) is 4.89. The number of unbranched alkanes of at least 4 members (excludes halogenated alkanes) is 1. The number of hydrogen-bond acceptors (Lipinski definition) is 3. The highest BCUT2D eigenvalue weighted by Gasteiger charge is 2.11. The molecule has 0 unspecified atom stereocenters. The number of carbonyl (C=O) groups excluding carboxylic acids is 1. The van der Waals surface area contributed by atoms with Crippen LogP contribution < -0.4 is 10.1 Å². The molecule has 5 nitrogen and oxygen atoms in total. The van der Waals surface area contributed by atoms with Gasteiger partial charge in [0.2, 0.25) is 5.91 Å². The van der Waals surface area contributed by atoms with Crippen molar-refractivity contribution in [3.63, 3.8) is 0 Å². The summed E-state index contributed by atoms with van der Waals surface area (Å²) >= 11 is 6.31. The molecule has 0 spiro atoms. The molecule has 1 aromatic carbocycles. The number of nitrogens with zero attached hydrogens (tertiary/aromatic N) is 2. The van der Waals surface area contributed by atoms with Gasteiger partial charge in [-0.25, -0.2) is 0 Å². The number of ether oxygens (including phenoxy) is 1. The number of alkyl halides is 2. The highest BCUT2D eigenvalue weighted by molar-refractivity contribution is 6.31. The summed E-state index contributed by atoms with van der Waals surface area (Å²) in [7, 11) is 0. The molecule has 1 N–H and O–H groups in total. The Kier molecular flexibility index (Phi) is 7.15. The maximum Gasteiger partial charge on any atom is 0.387 e. The van der Waals surface area contributed by atoms with E-state index in [1.165, 1.54) is 24.3 Å². The van der Waals surface area contributed by atoms with Crippen LogP contribution in [0.15, 0.2) is 30.3 Å². The minimum Gasteiger partial charge on any atom is -0.435 e. The van der Waals surface area contributed by atoms with Crippen molar-refractivity contribution in [2.45, 2.75) is 39.8 Å². The van der Waals surface area contributed by atoms with Crippen LogP contribution in [0.4, 0.5) is 14.5 Å². The monoisotopic (exact) mass is 383 g/mol. The third-order valence-electron chi connectivity index (χ3n) is 3.56. The molecular formula is C18H20ClF2N3O2. The van der Waals surface area contributed by atoms with E-state index < -0.39 is 12.5 Å². The molecule has 2 rings (SSSR count). The molecule has 0 fully saturated rings. The van der Waals surface area contributed by atoms with Gasteiger partial charge >= 0.3 is 6.61 Å². The third kappa shape index (κ3) is 5.56. The third-order valence-corrected chi connectivity index (χ3v) is 3.96. The molecule has 0 aliphatic rings. The minimum atomic E-state index is -2.92. The first-order valence-electron chi connectivity index (χ1n) is 8.17. The quantitative estimate of drug-likeness (QED) is 0.660. The fourth-order valence-corrected chi connectivity index (χ4v) is 2.63. The summed E-state index contributed by atoms with van der Waals surface area (Å²) in [5.41, 5.74) is 1.74. The zero-order valence-corrected chi connectivity index (χ0v) is 15.3. The average Bonchev–Trinajstić information content (AvgIpc) is 2.84. The molecule has 0 atom stereocenters. The number of halogens is 3. The van der Waals surface area contributed by atoms with E-state index in [0.29, 0.717) is 22.9 Å². The maximum absolute atomic E-state index is 12.2. The molecule has 0 aliphatic carbocycles. The first kappa shape index (κ1) is 19.9. The van der Waals surface area contributed by atoms with E-state index in [4.69, 9.17) is 11.6 Å². The number of carbonyl (C=O) groups is 1. The number of benzene rings is 1. The second kappa shape index (κ2) is 9.33. The van der Waals surface area contributed by atoms with Crippen molar-refractivity contribution in [3.8, 4) is 5.75 Å². The van der Waals surface area contributed by atoms with Crippen molar-refractivity contribution >= 4 is 29.3 Å². The molecule has 1 heterocycles. The lowest BCUT2D eigenvalue weighted by molar-refractivity contribution is -0.111. The molecule has 0 bridgehead atoms. The summed E-state index contributed by atoms with van der Waals surface area (Å²) < 4.78 is 30.5. The van der Waals surface area contributed by atoms with Crippen LogP contribution in [0.1, 0.15) is 31.0 Å². The van der Waals surface area contributed by atoms with Gasteiger partial charge in [0, 0.05) is 29.9 Å². The number of anilines is 1. The molecule has 0 aliphatic heterocycles. The van der Waals surface area contributed by atoms with Gasteiger partial charge in [0.05, 0.1) is 5.69 Å². The number of nitrogens with one attached hydrogen (secondary N) is 1. The molecule has 26 heavy (non-hydrogen) atoms. The molecular weight excluding hydrogens is 364 g/mol. The predicted octanol–water partition coefficient (Wildman–Crippen LogP) is 4.90. The van der Waals surface area contributed by atoms with E-state index in [0.717, 1.165) is 18.5 Å². The summed E-state index contributed by atoms with van der Waals surface area (Å²) in [6, 6.07) is 5.78. The lowest BCUT2D eigenvalue weighted by Gasteiger charge is -2.07. The van der Waals surface area contributed by atoms with Crippen LogP contribution in [0, 0.1) is 6.92 Å². The van der Waals surface area contributed by atoms with Crippen LogP contribution in [0.25, 0.3) is 6.08 Å². The average molecular weight is 384 g/mol. The van der Waals surface area contributed by atoms with Crippen LogP contribution >= 0.6 is 11.6 Å². The van der Waals surface area contributed by atoms with Gasteiger partial charge in [-0.15, -0.1) is 0 Å². The second-order valence-electron chi connectivity index (χ2n) is 5.60. The zero-order chi connectivity index (χ0) is 19.1. The molecule has 0 saturated carbocycles. The summed E-state index contributed by atoms with van der Waals surface area (Å²) in [5, 5.41) is 7.43. The SMILES string of the molecule is CCCCn1nc(C)c(/C=C/C(=O)Nc2cccc(OC(F)F)c2)c1Cl. The van der Waals surface area contributed by atoms with Crippen molar-refractivity contribution in [3.05, 3.63) is 46.8 Å². The largest absolute Gasteiger partial charge is 0.435 e. The van der Waals surface area contributed by atoms with E-state index in [9.17, 15) is 13.6 Å². The fraction of sp³-hybridized carbons (Fsp3) is 0.333. The Morgan fingerprint density at radius 2 is 2.23 bits per heavy atom. The van der Waals surface area contributed by atoms with E-state index in [-0.39, 0.29) is 5.75 Å². The van der Waals surface area contributed by atoms with E-state index in [1.54, 1.807) is 16.8 Å². The van der Waals surface area contributed by atoms with Crippen molar-refractivity contribution in [2.24, 2.45) is 0 Å². The number of rotatable bonds is 8. The first-order valence-corrected chi connectivity index (χ1v) is 8.55. The number of amides is 1. The fourth-order valence-electron chi connectivity index (χ4n) is 2.31. The molecule has 1 aromatic heterocycles. The summed E-state index contributed by atoms with van der Waals surface area (Å²) in [4.78, 5) is 12.1. The molecule has 2 aromatic rings. The second-order valence-corrected chi connectivity index (χ2v) is 5.95. The van der Waals surface area contributed by atoms with Gasteiger partial charge < -0.3 is 10.1 Å². The van der Waals surface area contributed by atoms with Gasteiger partial charge in [0.15, 0.2) is 0 Å². The smallest absolute Gasteiger partial charge is 0.387 e. The number of aromatic nitrogens is 2. The highest BCUT2D eigenvalue weighted by Crippen LogP contribution is 2.22. The van der Waals surface area contributed by atoms with Crippen LogP contribution in [-0.2, 0) is 11.3 Å². The highest BCUT2D eigenvalue weighted by atomic mass is 35.5. The molecule has 0 radical (unpaired) electrons. The van der Waals surface area contributed by atoms with Crippen LogP contribution in [0.5, 0.6) is 5.75 Å². The zero-order valence-electron chi connectivity index (χ0n) is 14.5. The normalized spacial score (nSPS) is 11.3. The number of hydrogen-bond donors (Lipinski definition) is 1. The maximum atomic E-state index is 12.2. The molecule has 0 saturated heterocycles. The Morgan fingerprint density at radius 1 is 1.46 bits per heavy atom. The molecule has 1 amide bonds. The summed E-state index contributed by atoms with van der Waals surface area (Å²) in [6.45, 7) is 1.69. The van der Waals surface area contributed by atoms with Gasteiger partial charge in [0.25, 0.3) is 0 Å². The topological polar surface area (TPSA) is 56.2 Å². The van der Waals surface area contributed by atoms with Gasteiger partial charge in [-0.2, -0.15) is 13.9 Å². The van der Waals surface area contributed by atoms with E-state index in [2.05, 4.69) is 22.1 Å². The Balaban J connectivity index is 2.05. The molecule has 140 valence electrons. The number of aryl methyl sites for hydroxylation is 2. The van der Waals surface area contributed by atoms with E-state index in [1.807, 2.05) is 6.92 Å². The standard InChI is InChI=1S/C18H20ClF2N3O2/c1-3-4-10-24-17(19)15(12(2)23-24)8-9-16(25)22-13-6-5-7-14(11-13)26-18(20)21/h5-9,11,18H,3-4,10H2,1-2H3,(H,22,25)/b9-8+. The Labute approximate surface area is 155 Å². The lowest BCUT2D eigenvalue weighted by Crippen LogP contribution is -2.08.